The molecule has 3 nitrogen and oxygen atoms in total. The van der Waals surface area contributed by atoms with Crippen LogP contribution in [0.3, 0.4) is 0 Å². The summed E-state index contributed by atoms with van der Waals surface area (Å²) in [5, 5.41) is 10.6. The van der Waals surface area contributed by atoms with Gasteiger partial charge in [-0.15, -0.1) is 0 Å². The van der Waals surface area contributed by atoms with Crippen molar-refractivity contribution >= 4 is 17.5 Å². The van der Waals surface area contributed by atoms with Crippen LogP contribution in [0.15, 0.2) is 24.3 Å². The van der Waals surface area contributed by atoms with E-state index in [-0.39, 0.29) is 11.0 Å². The highest BCUT2D eigenvalue weighted by Crippen LogP contribution is 2.40. The van der Waals surface area contributed by atoms with Crippen LogP contribution < -0.4 is 4.74 Å². The number of nitrogens with zero attached hydrogens (tertiary/aromatic N) is 1. The Labute approximate surface area is 105 Å². The second-order valence-electron chi connectivity index (χ2n) is 4.06. The van der Waals surface area contributed by atoms with Crippen molar-refractivity contribution in [3.8, 4) is 11.2 Å². The summed E-state index contributed by atoms with van der Waals surface area (Å²) in [7, 11) is 1.59. The molecule has 0 amide bonds. The van der Waals surface area contributed by atoms with Crippen molar-refractivity contribution in [2.75, 3.05) is 7.11 Å². The molecule has 0 N–H and O–H groups in total. The Hall–Kier alpha value is -1.47. The SMILES string of the molecule is COc1ccc(C(=O)C(SC#N)C2CC2)cc1. The van der Waals surface area contributed by atoms with Gasteiger partial charge in [0.2, 0.25) is 0 Å². The maximum absolute atomic E-state index is 12.2. The van der Waals surface area contributed by atoms with Crippen molar-refractivity contribution < 1.29 is 9.53 Å². The Kier molecular flexibility index (Phi) is 3.70. The predicted octanol–water partition coefficient (Wildman–Crippen LogP) is 2.87. The first-order chi connectivity index (χ1) is 8.26. The van der Waals surface area contributed by atoms with E-state index in [0.717, 1.165) is 30.4 Å². The number of hydrogen-bond donors (Lipinski definition) is 0. The number of carbonyl (C=O) groups excluding carboxylic acids is 1. The third-order valence-corrected chi connectivity index (χ3v) is 3.82. The maximum atomic E-state index is 12.2. The van der Waals surface area contributed by atoms with Gasteiger partial charge in [0, 0.05) is 5.56 Å². The molecule has 1 saturated carbocycles. The monoisotopic (exact) mass is 247 g/mol. The minimum absolute atomic E-state index is 0.0571. The van der Waals surface area contributed by atoms with E-state index in [1.54, 1.807) is 31.4 Å². The molecule has 1 atom stereocenters. The second kappa shape index (κ2) is 5.24. The summed E-state index contributed by atoms with van der Waals surface area (Å²) < 4.78 is 5.05. The summed E-state index contributed by atoms with van der Waals surface area (Å²) in [6.07, 6.45) is 2.11. The van der Waals surface area contributed by atoms with E-state index in [9.17, 15) is 4.79 Å². The van der Waals surface area contributed by atoms with Gasteiger partial charge in [-0.3, -0.25) is 4.79 Å². The lowest BCUT2D eigenvalue weighted by Crippen LogP contribution is -2.19. The van der Waals surface area contributed by atoms with E-state index < -0.39 is 0 Å². The molecule has 4 heteroatoms. The quantitative estimate of drug-likeness (QED) is 0.593. The highest BCUT2D eigenvalue weighted by Gasteiger charge is 2.37. The molecular formula is C13H13NO2S. The van der Waals surface area contributed by atoms with Crippen molar-refractivity contribution in [2.24, 2.45) is 5.92 Å². The number of nitriles is 1. The van der Waals surface area contributed by atoms with Crippen molar-refractivity contribution in [1.29, 1.82) is 5.26 Å². The fourth-order valence-corrected chi connectivity index (χ4v) is 2.56. The Bertz CT molecular complexity index is 445. The average molecular weight is 247 g/mol. The minimum Gasteiger partial charge on any atom is -0.497 e. The summed E-state index contributed by atoms with van der Waals surface area (Å²) in [5.41, 5.74) is 0.658. The van der Waals surface area contributed by atoms with Crippen molar-refractivity contribution in [3.05, 3.63) is 29.8 Å². The van der Waals surface area contributed by atoms with E-state index in [1.807, 2.05) is 5.40 Å². The smallest absolute Gasteiger partial charge is 0.177 e. The number of methoxy groups -OCH3 is 1. The lowest BCUT2D eigenvalue weighted by Gasteiger charge is -2.10. The number of thioether (sulfide) groups is 1. The predicted molar refractivity (Wildman–Crippen MR) is 67.0 cm³/mol. The van der Waals surface area contributed by atoms with E-state index in [0.29, 0.717) is 11.5 Å². The molecule has 1 aromatic rings. The maximum Gasteiger partial charge on any atom is 0.177 e. The standard InChI is InChI=1S/C13H13NO2S/c1-16-11-6-4-9(5-7-11)12(15)13(17-8-14)10-2-3-10/h4-7,10,13H,2-3H2,1H3. The third kappa shape index (κ3) is 2.80. The molecule has 0 bridgehead atoms. The van der Waals surface area contributed by atoms with Gasteiger partial charge in [-0.05, 0) is 54.8 Å². The molecule has 17 heavy (non-hydrogen) atoms. The number of ketones is 1. The van der Waals surface area contributed by atoms with Crippen LogP contribution in [0.5, 0.6) is 5.75 Å². The van der Waals surface area contributed by atoms with Crippen LogP contribution >= 0.6 is 11.8 Å². The van der Waals surface area contributed by atoms with Gasteiger partial charge in [0.25, 0.3) is 0 Å². The van der Waals surface area contributed by atoms with Gasteiger partial charge in [0.1, 0.15) is 11.2 Å². The van der Waals surface area contributed by atoms with Gasteiger partial charge >= 0.3 is 0 Å². The van der Waals surface area contributed by atoms with Gasteiger partial charge < -0.3 is 4.74 Å². The number of rotatable bonds is 5. The Balaban J connectivity index is 2.14. The Morgan fingerprint density at radius 2 is 2.12 bits per heavy atom. The van der Waals surface area contributed by atoms with Crippen LogP contribution in [-0.4, -0.2) is 18.1 Å². The second-order valence-corrected chi connectivity index (χ2v) is 4.99. The highest BCUT2D eigenvalue weighted by molar-refractivity contribution is 8.05. The number of carbonyl (C=O) groups is 1. The van der Waals surface area contributed by atoms with E-state index in [4.69, 9.17) is 10.00 Å². The molecule has 0 spiro atoms. The summed E-state index contributed by atoms with van der Waals surface area (Å²) in [6.45, 7) is 0. The lowest BCUT2D eigenvalue weighted by atomic mass is 10.1. The van der Waals surface area contributed by atoms with Crippen LogP contribution in [0.1, 0.15) is 23.2 Å². The van der Waals surface area contributed by atoms with E-state index in [1.165, 1.54) is 0 Å². The molecule has 1 aliphatic carbocycles. The van der Waals surface area contributed by atoms with Gasteiger partial charge in [-0.1, -0.05) is 0 Å². The Morgan fingerprint density at radius 3 is 2.59 bits per heavy atom. The van der Waals surface area contributed by atoms with Crippen molar-refractivity contribution in [1.82, 2.24) is 0 Å². The molecule has 2 rings (SSSR count). The van der Waals surface area contributed by atoms with E-state index >= 15 is 0 Å². The van der Waals surface area contributed by atoms with Crippen LogP contribution in [0.2, 0.25) is 0 Å². The normalized spacial score (nSPS) is 16.0. The first kappa shape index (κ1) is 12.0. The number of hydrogen-bond acceptors (Lipinski definition) is 4. The minimum atomic E-state index is -0.201. The highest BCUT2D eigenvalue weighted by atomic mass is 32.2. The fourth-order valence-electron chi connectivity index (χ4n) is 1.74. The molecule has 88 valence electrons. The topological polar surface area (TPSA) is 50.1 Å². The van der Waals surface area contributed by atoms with Crippen LogP contribution in [0.4, 0.5) is 0 Å². The van der Waals surface area contributed by atoms with Gasteiger partial charge in [0.05, 0.1) is 12.4 Å². The van der Waals surface area contributed by atoms with Crippen LogP contribution in [0.25, 0.3) is 0 Å². The molecule has 0 aromatic heterocycles. The molecular weight excluding hydrogens is 234 g/mol. The molecule has 0 heterocycles. The average Bonchev–Trinajstić information content (AvgIpc) is 3.19. The van der Waals surface area contributed by atoms with Crippen molar-refractivity contribution in [2.45, 2.75) is 18.1 Å². The number of ether oxygens (including phenoxy) is 1. The summed E-state index contributed by atoms with van der Waals surface area (Å²) in [5.74, 6) is 1.17. The molecule has 0 saturated heterocycles. The van der Waals surface area contributed by atoms with Gasteiger partial charge in [0.15, 0.2) is 5.78 Å². The zero-order valence-electron chi connectivity index (χ0n) is 9.55. The van der Waals surface area contributed by atoms with E-state index in [2.05, 4.69) is 0 Å². The molecule has 1 aromatic carbocycles. The zero-order chi connectivity index (χ0) is 12.3. The molecule has 0 radical (unpaired) electrons. The zero-order valence-corrected chi connectivity index (χ0v) is 10.4. The largest absolute Gasteiger partial charge is 0.497 e. The number of thiocyanates is 1. The van der Waals surface area contributed by atoms with Crippen LogP contribution in [-0.2, 0) is 0 Å². The molecule has 1 unspecified atom stereocenters. The summed E-state index contributed by atoms with van der Waals surface area (Å²) in [6, 6.07) is 7.06. The first-order valence-corrected chi connectivity index (χ1v) is 6.37. The van der Waals surface area contributed by atoms with Crippen molar-refractivity contribution in [3.63, 3.8) is 0 Å². The first-order valence-electron chi connectivity index (χ1n) is 5.49. The summed E-state index contributed by atoms with van der Waals surface area (Å²) >= 11 is 1.08. The third-order valence-electron chi connectivity index (χ3n) is 2.86. The number of Topliss-reactive ketones (excluding diaryl/α,β-unsaturated/α-hetero) is 1. The number of benzene rings is 1. The molecule has 1 aliphatic rings. The van der Waals surface area contributed by atoms with Gasteiger partial charge in [-0.2, -0.15) is 5.26 Å². The molecule has 0 aliphatic heterocycles. The van der Waals surface area contributed by atoms with Gasteiger partial charge in [-0.25, -0.2) is 0 Å². The lowest BCUT2D eigenvalue weighted by molar-refractivity contribution is 0.0983. The molecule has 1 fully saturated rings. The van der Waals surface area contributed by atoms with Crippen LogP contribution in [0, 0.1) is 16.6 Å². The Morgan fingerprint density at radius 1 is 1.47 bits per heavy atom. The fraction of sp³-hybridized carbons (Fsp3) is 0.385. The summed E-state index contributed by atoms with van der Waals surface area (Å²) in [4.78, 5) is 12.2.